The number of benzene rings is 5. The molecular formula is C30H19BO. The van der Waals surface area contributed by atoms with Crippen LogP contribution in [-0.4, -0.2) is 6.71 Å². The van der Waals surface area contributed by atoms with Crippen LogP contribution in [0.4, 0.5) is 0 Å². The smallest absolute Gasteiger partial charge is 0.252 e. The quantitative estimate of drug-likeness (QED) is 0.297. The van der Waals surface area contributed by atoms with Gasteiger partial charge < -0.3 is 4.74 Å². The van der Waals surface area contributed by atoms with Crippen molar-refractivity contribution >= 4 is 23.1 Å². The van der Waals surface area contributed by atoms with Gasteiger partial charge in [-0.15, -0.1) is 0 Å². The zero-order valence-electron chi connectivity index (χ0n) is 17.5. The molecule has 0 aliphatic carbocycles. The van der Waals surface area contributed by atoms with Crippen LogP contribution in [0.1, 0.15) is 0 Å². The number of hydrogen-bond acceptors (Lipinski definition) is 1. The van der Waals surface area contributed by atoms with Gasteiger partial charge in [-0.3, -0.25) is 0 Å². The molecular weight excluding hydrogens is 387 g/mol. The second-order valence-electron chi connectivity index (χ2n) is 8.47. The number of para-hydroxylation sites is 1. The molecule has 2 heteroatoms. The molecule has 0 unspecified atom stereocenters. The Morgan fingerprint density at radius 2 is 0.844 bits per heavy atom. The molecule has 0 aromatic heterocycles. The van der Waals surface area contributed by atoms with Gasteiger partial charge in [0.15, 0.2) is 0 Å². The van der Waals surface area contributed by atoms with E-state index in [2.05, 4.69) is 115 Å². The molecule has 0 atom stereocenters. The third-order valence-corrected chi connectivity index (χ3v) is 6.80. The summed E-state index contributed by atoms with van der Waals surface area (Å²) >= 11 is 0. The van der Waals surface area contributed by atoms with Crippen LogP contribution < -0.4 is 21.1 Å². The highest BCUT2D eigenvalue weighted by molar-refractivity contribution is 6.98. The fourth-order valence-electron chi connectivity index (χ4n) is 5.47. The molecule has 2 aliphatic rings. The standard InChI is InChI=1S/C30H19BO/c1-3-12-22-20(10-1)21-11-2-4-13-23(21)25-15-9-19-29-30(25)31(26-16-6-5-14-24(22)26)27-17-7-8-18-28(27)32-29/h1-19H. The highest BCUT2D eigenvalue weighted by Crippen LogP contribution is 2.40. The second-order valence-corrected chi connectivity index (χ2v) is 8.47. The van der Waals surface area contributed by atoms with Gasteiger partial charge in [-0.2, -0.15) is 0 Å². The van der Waals surface area contributed by atoms with Crippen LogP contribution in [0.25, 0.3) is 33.4 Å². The number of hydrogen-bond donors (Lipinski definition) is 0. The zero-order chi connectivity index (χ0) is 21.1. The Morgan fingerprint density at radius 1 is 0.375 bits per heavy atom. The van der Waals surface area contributed by atoms with Crippen molar-refractivity contribution in [2.24, 2.45) is 0 Å². The normalized spacial score (nSPS) is 12.6. The lowest BCUT2D eigenvalue weighted by Crippen LogP contribution is -2.56. The molecule has 0 spiro atoms. The summed E-state index contributed by atoms with van der Waals surface area (Å²) in [5.41, 5.74) is 11.3. The maximum absolute atomic E-state index is 6.47. The molecule has 2 heterocycles. The van der Waals surface area contributed by atoms with Crippen molar-refractivity contribution in [2.45, 2.75) is 0 Å². The maximum Gasteiger partial charge on any atom is 0.252 e. The fourth-order valence-corrected chi connectivity index (χ4v) is 5.47. The van der Waals surface area contributed by atoms with E-state index in [1.807, 2.05) is 0 Å². The van der Waals surface area contributed by atoms with Crippen molar-refractivity contribution in [2.75, 3.05) is 0 Å². The Balaban J connectivity index is 1.71. The molecule has 0 bridgehead atoms. The first-order valence-electron chi connectivity index (χ1n) is 11.1. The van der Waals surface area contributed by atoms with E-state index in [0.29, 0.717) is 0 Å². The molecule has 0 saturated carbocycles. The van der Waals surface area contributed by atoms with Gasteiger partial charge in [0.1, 0.15) is 11.5 Å². The summed E-state index contributed by atoms with van der Waals surface area (Å²) in [6.07, 6.45) is 0. The molecule has 148 valence electrons. The Bertz CT molecular complexity index is 1520. The SMILES string of the molecule is c1ccc2c(c1)Oc1cccc3c1B2c1ccccc1-c1ccccc1-c1ccccc1-3. The van der Waals surface area contributed by atoms with Crippen LogP contribution in [-0.2, 0) is 0 Å². The van der Waals surface area contributed by atoms with Gasteiger partial charge in [0.2, 0.25) is 0 Å². The first-order valence-corrected chi connectivity index (χ1v) is 11.1. The molecule has 7 rings (SSSR count). The van der Waals surface area contributed by atoms with Gasteiger partial charge in [-0.1, -0.05) is 109 Å². The summed E-state index contributed by atoms with van der Waals surface area (Å²) in [6.45, 7) is 0.0987. The Kier molecular flexibility index (Phi) is 3.71. The molecule has 1 nitrogen and oxygen atoms in total. The molecule has 0 fully saturated rings. The van der Waals surface area contributed by atoms with Gasteiger partial charge in [-0.25, -0.2) is 0 Å². The summed E-state index contributed by atoms with van der Waals surface area (Å²) in [7, 11) is 0. The second kappa shape index (κ2) is 6.73. The third-order valence-electron chi connectivity index (χ3n) is 6.80. The zero-order valence-corrected chi connectivity index (χ0v) is 17.5. The third kappa shape index (κ3) is 2.41. The minimum Gasteiger partial charge on any atom is -0.458 e. The van der Waals surface area contributed by atoms with E-state index in [1.54, 1.807) is 0 Å². The molecule has 0 amide bonds. The minimum absolute atomic E-state index is 0.0987. The lowest BCUT2D eigenvalue weighted by molar-refractivity contribution is 0.487. The van der Waals surface area contributed by atoms with Crippen LogP contribution >= 0.6 is 0 Å². The fraction of sp³-hybridized carbons (Fsp3) is 0. The molecule has 2 aliphatic heterocycles. The Labute approximate surface area is 188 Å². The molecule has 0 saturated heterocycles. The van der Waals surface area contributed by atoms with E-state index >= 15 is 0 Å². The average Bonchev–Trinajstić information content (AvgIpc) is 2.91. The van der Waals surface area contributed by atoms with Crippen molar-refractivity contribution in [3.05, 3.63) is 115 Å². The van der Waals surface area contributed by atoms with Crippen LogP contribution in [0.3, 0.4) is 0 Å². The number of rotatable bonds is 0. The Morgan fingerprint density at radius 3 is 1.56 bits per heavy atom. The molecule has 0 N–H and O–H groups in total. The molecule has 5 aromatic carbocycles. The maximum atomic E-state index is 6.47. The molecule has 5 aromatic rings. The van der Waals surface area contributed by atoms with Crippen LogP contribution in [0, 0.1) is 0 Å². The predicted molar refractivity (Wildman–Crippen MR) is 134 cm³/mol. The van der Waals surface area contributed by atoms with E-state index in [9.17, 15) is 0 Å². The van der Waals surface area contributed by atoms with Crippen molar-refractivity contribution in [3.8, 4) is 44.9 Å². The van der Waals surface area contributed by atoms with Gasteiger partial charge in [0.05, 0.1) is 0 Å². The highest BCUT2D eigenvalue weighted by Gasteiger charge is 2.37. The summed E-state index contributed by atoms with van der Waals surface area (Å²) < 4.78 is 6.47. The van der Waals surface area contributed by atoms with Gasteiger partial charge in [-0.05, 0) is 56.4 Å². The lowest BCUT2D eigenvalue weighted by Gasteiger charge is -2.29. The van der Waals surface area contributed by atoms with Crippen LogP contribution in [0.2, 0.25) is 0 Å². The van der Waals surface area contributed by atoms with Crippen molar-refractivity contribution in [1.82, 2.24) is 0 Å². The van der Waals surface area contributed by atoms with E-state index in [1.165, 1.54) is 49.8 Å². The lowest BCUT2D eigenvalue weighted by atomic mass is 9.34. The summed E-state index contributed by atoms with van der Waals surface area (Å²) in [5.74, 6) is 1.89. The van der Waals surface area contributed by atoms with Gasteiger partial charge in [0, 0.05) is 0 Å². The van der Waals surface area contributed by atoms with Crippen molar-refractivity contribution < 1.29 is 4.74 Å². The van der Waals surface area contributed by atoms with E-state index < -0.39 is 0 Å². The van der Waals surface area contributed by atoms with Crippen LogP contribution in [0.15, 0.2) is 115 Å². The monoisotopic (exact) mass is 406 g/mol. The van der Waals surface area contributed by atoms with Crippen molar-refractivity contribution in [3.63, 3.8) is 0 Å². The molecule has 32 heavy (non-hydrogen) atoms. The van der Waals surface area contributed by atoms with Crippen molar-refractivity contribution in [1.29, 1.82) is 0 Å². The summed E-state index contributed by atoms with van der Waals surface area (Å²) in [5, 5.41) is 0. The largest absolute Gasteiger partial charge is 0.458 e. The first kappa shape index (κ1) is 17.6. The van der Waals surface area contributed by atoms with E-state index in [-0.39, 0.29) is 6.71 Å². The topological polar surface area (TPSA) is 9.23 Å². The number of ether oxygens (including phenoxy) is 1. The van der Waals surface area contributed by atoms with E-state index in [0.717, 1.165) is 11.5 Å². The first-order chi connectivity index (χ1) is 15.9. The summed E-state index contributed by atoms with van der Waals surface area (Å²) in [4.78, 5) is 0. The summed E-state index contributed by atoms with van der Waals surface area (Å²) in [6, 6.07) is 41.4. The van der Waals surface area contributed by atoms with E-state index in [4.69, 9.17) is 4.74 Å². The molecule has 0 radical (unpaired) electrons. The predicted octanol–water partition coefficient (Wildman–Crippen LogP) is 5.62. The van der Waals surface area contributed by atoms with Gasteiger partial charge in [0.25, 0.3) is 6.71 Å². The Hall–Kier alpha value is -4.04. The average molecular weight is 406 g/mol. The van der Waals surface area contributed by atoms with Crippen LogP contribution in [0.5, 0.6) is 11.5 Å². The minimum atomic E-state index is 0.0987. The number of fused-ring (bicyclic) bond motifs is 9. The highest BCUT2D eigenvalue weighted by atomic mass is 16.5. The van der Waals surface area contributed by atoms with Gasteiger partial charge >= 0.3 is 0 Å².